The van der Waals surface area contributed by atoms with E-state index >= 15 is 0 Å². The second-order valence-electron chi connectivity index (χ2n) is 3.50. The topological polar surface area (TPSA) is 24.9 Å². The number of unbranched alkanes of at least 4 members (excludes halogenated alkanes) is 1. The summed E-state index contributed by atoms with van der Waals surface area (Å²) < 4.78 is 0. The molecule has 1 rings (SSSR count). The van der Waals surface area contributed by atoms with E-state index in [-0.39, 0.29) is 0 Å². The van der Waals surface area contributed by atoms with Crippen LogP contribution in [0.5, 0.6) is 0 Å². The van der Waals surface area contributed by atoms with E-state index in [0.29, 0.717) is 0 Å². The van der Waals surface area contributed by atoms with Crippen molar-refractivity contribution in [2.45, 2.75) is 26.3 Å². The van der Waals surface area contributed by atoms with Gasteiger partial charge < -0.3 is 5.32 Å². The molecule has 0 aromatic carbocycles. The van der Waals surface area contributed by atoms with Crippen LogP contribution in [0.2, 0.25) is 0 Å². The monoisotopic (exact) mass is 224 g/mol. The maximum absolute atomic E-state index is 4.08. The highest BCUT2D eigenvalue weighted by molar-refractivity contribution is 7.99. The van der Waals surface area contributed by atoms with E-state index in [2.05, 4.69) is 23.3 Å². The van der Waals surface area contributed by atoms with Gasteiger partial charge in [0.05, 0.1) is 0 Å². The van der Waals surface area contributed by atoms with Crippen LogP contribution in [0.4, 0.5) is 0 Å². The summed E-state index contributed by atoms with van der Waals surface area (Å²) in [5.41, 5.74) is 1.26. The lowest BCUT2D eigenvalue weighted by Gasteiger charge is -2.04. The molecule has 1 N–H and O–H groups in total. The molecular formula is C12H20N2S. The summed E-state index contributed by atoms with van der Waals surface area (Å²) in [4.78, 5) is 4.08. The molecule has 0 aliphatic rings. The van der Waals surface area contributed by atoms with E-state index in [1.807, 2.05) is 30.2 Å². The van der Waals surface area contributed by atoms with Gasteiger partial charge in [-0.15, -0.1) is 0 Å². The molecule has 0 atom stereocenters. The molecule has 0 aliphatic carbocycles. The molecule has 1 heterocycles. The van der Waals surface area contributed by atoms with Crippen molar-refractivity contribution in [1.29, 1.82) is 0 Å². The van der Waals surface area contributed by atoms with E-state index < -0.39 is 0 Å². The predicted octanol–water partition coefficient (Wildman–Crippen LogP) is 2.70. The van der Waals surface area contributed by atoms with Crippen molar-refractivity contribution in [1.82, 2.24) is 10.3 Å². The van der Waals surface area contributed by atoms with Crippen molar-refractivity contribution in [3.8, 4) is 0 Å². The summed E-state index contributed by atoms with van der Waals surface area (Å²) in [5.74, 6) is 2.51. The van der Waals surface area contributed by atoms with Crippen LogP contribution in [0.15, 0.2) is 24.5 Å². The lowest BCUT2D eigenvalue weighted by molar-refractivity contribution is 0.729. The summed E-state index contributed by atoms with van der Waals surface area (Å²) >= 11 is 2.03. The van der Waals surface area contributed by atoms with Gasteiger partial charge in [0.2, 0.25) is 0 Å². The Labute approximate surface area is 96.9 Å². The van der Waals surface area contributed by atoms with E-state index in [1.165, 1.54) is 29.9 Å². The summed E-state index contributed by atoms with van der Waals surface area (Å²) in [5, 5.41) is 3.42. The van der Waals surface area contributed by atoms with Crippen LogP contribution in [-0.2, 0) is 6.54 Å². The van der Waals surface area contributed by atoms with Crippen LogP contribution in [-0.4, -0.2) is 23.0 Å². The number of nitrogens with one attached hydrogen (secondary N) is 1. The summed E-state index contributed by atoms with van der Waals surface area (Å²) in [7, 11) is 0. The van der Waals surface area contributed by atoms with Gasteiger partial charge in [0.15, 0.2) is 0 Å². The number of hydrogen-bond acceptors (Lipinski definition) is 3. The normalized spacial score (nSPS) is 10.5. The SMILES string of the molecule is CCCCSCCNCc1cccnc1. The Morgan fingerprint density at radius 1 is 1.40 bits per heavy atom. The molecule has 0 spiro atoms. The van der Waals surface area contributed by atoms with Gasteiger partial charge >= 0.3 is 0 Å². The van der Waals surface area contributed by atoms with Crippen LogP contribution in [0.1, 0.15) is 25.3 Å². The van der Waals surface area contributed by atoms with Gasteiger partial charge in [-0.2, -0.15) is 11.8 Å². The molecular weight excluding hydrogens is 204 g/mol. The molecule has 0 amide bonds. The van der Waals surface area contributed by atoms with E-state index in [4.69, 9.17) is 0 Å². The van der Waals surface area contributed by atoms with Crippen LogP contribution in [0.3, 0.4) is 0 Å². The molecule has 0 radical (unpaired) electrons. The third kappa shape index (κ3) is 6.52. The number of nitrogens with zero attached hydrogens (tertiary/aromatic N) is 1. The molecule has 0 saturated heterocycles. The summed E-state index contributed by atoms with van der Waals surface area (Å²) in [6.45, 7) is 4.26. The molecule has 1 aromatic rings. The third-order valence-corrected chi connectivity index (χ3v) is 3.19. The fraction of sp³-hybridized carbons (Fsp3) is 0.583. The third-order valence-electron chi connectivity index (χ3n) is 2.12. The van der Waals surface area contributed by atoms with Gasteiger partial charge in [-0.1, -0.05) is 19.4 Å². The molecule has 0 saturated carbocycles. The number of rotatable bonds is 8. The molecule has 0 unspecified atom stereocenters. The van der Waals surface area contributed by atoms with Crippen LogP contribution >= 0.6 is 11.8 Å². The zero-order valence-corrected chi connectivity index (χ0v) is 10.2. The van der Waals surface area contributed by atoms with Crippen LogP contribution in [0, 0.1) is 0 Å². The average Bonchev–Trinajstić information content (AvgIpc) is 2.29. The van der Waals surface area contributed by atoms with Crippen molar-refractivity contribution in [2.75, 3.05) is 18.1 Å². The number of pyridine rings is 1. The highest BCUT2D eigenvalue weighted by Gasteiger charge is 1.91. The van der Waals surface area contributed by atoms with Gasteiger partial charge in [-0.3, -0.25) is 4.98 Å². The van der Waals surface area contributed by atoms with Crippen molar-refractivity contribution < 1.29 is 0 Å². The first kappa shape index (κ1) is 12.5. The van der Waals surface area contributed by atoms with E-state index in [0.717, 1.165) is 13.1 Å². The number of aromatic nitrogens is 1. The maximum atomic E-state index is 4.08. The summed E-state index contributed by atoms with van der Waals surface area (Å²) in [6, 6.07) is 4.08. The minimum atomic E-state index is 0.933. The number of hydrogen-bond donors (Lipinski definition) is 1. The largest absolute Gasteiger partial charge is 0.312 e. The Balaban J connectivity index is 1.93. The molecule has 0 bridgehead atoms. The molecule has 0 fully saturated rings. The van der Waals surface area contributed by atoms with Crippen LogP contribution < -0.4 is 5.32 Å². The maximum Gasteiger partial charge on any atom is 0.0312 e. The highest BCUT2D eigenvalue weighted by atomic mass is 32.2. The van der Waals surface area contributed by atoms with Crippen LogP contribution in [0.25, 0.3) is 0 Å². The Morgan fingerprint density at radius 3 is 3.07 bits per heavy atom. The minimum absolute atomic E-state index is 0.933. The smallest absolute Gasteiger partial charge is 0.0312 e. The molecule has 1 aromatic heterocycles. The Morgan fingerprint density at radius 2 is 2.33 bits per heavy atom. The minimum Gasteiger partial charge on any atom is -0.312 e. The Kier molecular flexibility index (Phi) is 7.30. The quantitative estimate of drug-likeness (QED) is 0.687. The molecule has 0 aliphatic heterocycles. The van der Waals surface area contributed by atoms with Crippen molar-refractivity contribution in [2.24, 2.45) is 0 Å². The van der Waals surface area contributed by atoms with E-state index in [1.54, 1.807) is 0 Å². The standard InChI is InChI=1S/C12H20N2S/c1-2-3-8-15-9-7-14-11-12-5-4-6-13-10-12/h4-6,10,14H,2-3,7-9,11H2,1H3. The lowest BCUT2D eigenvalue weighted by Crippen LogP contribution is -2.16. The highest BCUT2D eigenvalue weighted by Crippen LogP contribution is 2.03. The summed E-state index contributed by atoms with van der Waals surface area (Å²) in [6.07, 6.45) is 6.37. The fourth-order valence-electron chi connectivity index (χ4n) is 1.23. The second kappa shape index (κ2) is 8.74. The van der Waals surface area contributed by atoms with Gasteiger partial charge in [0.25, 0.3) is 0 Å². The first-order chi connectivity index (χ1) is 7.43. The van der Waals surface area contributed by atoms with Crippen molar-refractivity contribution >= 4 is 11.8 Å². The molecule has 3 heteroatoms. The van der Waals surface area contributed by atoms with E-state index in [9.17, 15) is 0 Å². The lowest BCUT2D eigenvalue weighted by atomic mass is 10.3. The van der Waals surface area contributed by atoms with Gasteiger partial charge in [-0.05, 0) is 23.8 Å². The molecule has 84 valence electrons. The first-order valence-electron chi connectivity index (χ1n) is 5.61. The molecule has 15 heavy (non-hydrogen) atoms. The van der Waals surface area contributed by atoms with Gasteiger partial charge in [0.1, 0.15) is 0 Å². The Bertz CT molecular complexity index is 239. The first-order valence-corrected chi connectivity index (χ1v) is 6.76. The average molecular weight is 224 g/mol. The van der Waals surface area contributed by atoms with Gasteiger partial charge in [0, 0.05) is 31.2 Å². The fourth-order valence-corrected chi connectivity index (χ4v) is 2.21. The van der Waals surface area contributed by atoms with Gasteiger partial charge in [-0.25, -0.2) is 0 Å². The van der Waals surface area contributed by atoms with Crippen molar-refractivity contribution in [3.05, 3.63) is 30.1 Å². The Hall–Kier alpha value is -0.540. The predicted molar refractivity (Wildman–Crippen MR) is 68.2 cm³/mol. The van der Waals surface area contributed by atoms with Crippen molar-refractivity contribution in [3.63, 3.8) is 0 Å². The zero-order chi connectivity index (χ0) is 10.8. The second-order valence-corrected chi connectivity index (χ2v) is 4.73. The molecule has 2 nitrogen and oxygen atoms in total. The number of thioether (sulfide) groups is 1. The zero-order valence-electron chi connectivity index (χ0n) is 9.41.